The molecule has 2 aromatic rings. The number of Topliss-reactive ketones (excluding diaryl/α,β-unsaturated/α-hetero) is 2. The number of anilines is 1. The van der Waals surface area contributed by atoms with Crippen LogP contribution in [0.1, 0.15) is 26.3 Å². The number of rotatable bonds is 3. The molecule has 1 aromatic heterocycles. The second kappa shape index (κ2) is 5.44. The molecule has 1 aromatic carbocycles. The minimum absolute atomic E-state index is 0.00649. The van der Waals surface area contributed by atoms with Crippen molar-refractivity contribution in [2.75, 3.05) is 12.4 Å². The number of ketones is 2. The first-order valence-electron chi connectivity index (χ1n) is 6.78. The van der Waals surface area contributed by atoms with Crippen LogP contribution in [0.4, 0.5) is 5.82 Å². The van der Waals surface area contributed by atoms with Crippen molar-refractivity contribution >= 4 is 17.4 Å². The third kappa shape index (κ3) is 2.26. The number of aromatic nitrogens is 1. The highest BCUT2D eigenvalue weighted by molar-refractivity contribution is 6.26. The van der Waals surface area contributed by atoms with Crippen LogP contribution in [0.15, 0.2) is 54.1 Å². The van der Waals surface area contributed by atoms with Gasteiger partial charge in [0, 0.05) is 17.3 Å². The number of hydrogen-bond donors (Lipinski definition) is 1. The molecule has 22 heavy (non-hydrogen) atoms. The lowest BCUT2D eigenvalue weighted by molar-refractivity contribution is 0.0907. The molecule has 0 saturated carbocycles. The predicted octanol–water partition coefficient (Wildman–Crippen LogP) is 2.74. The summed E-state index contributed by atoms with van der Waals surface area (Å²) in [4.78, 5) is 29.3. The van der Waals surface area contributed by atoms with Crippen LogP contribution in [0.2, 0.25) is 0 Å². The van der Waals surface area contributed by atoms with Gasteiger partial charge in [0.2, 0.25) is 11.6 Å². The van der Waals surface area contributed by atoms with Gasteiger partial charge in [0.1, 0.15) is 11.5 Å². The summed E-state index contributed by atoms with van der Waals surface area (Å²) in [5, 5.41) is 2.92. The minimum atomic E-state index is -0.312. The number of carbonyl (C=O) groups excluding carboxylic acids is 2. The molecule has 1 aliphatic carbocycles. The van der Waals surface area contributed by atoms with E-state index in [1.54, 1.807) is 36.5 Å². The van der Waals surface area contributed by atoms with E-state index < -0.39 is 0 Å². The normalized spacial score (nSPS) is 13.9. The Morgan fingerprint density at radius 3 is 2.36 bits per heavy atom. The molecule has 0 atom stereocenters. The van der Waals surface area contributed by atoms with Crippen LogP contribution in [0.5, 0.6) is 0 Å². The van der Waals surface area contributed by atoms with E-state index in [2.05, 4.69) is 10.3 Å². The lowest BCUT2D eigenvalue weighted by atomic mass is 9.91. The number of nitrogens with zero attached hydrogens (tertiary/aromatic N) is 1. The highest BCUT2D eigenvalue weighted by Gasteiger charge is 2.33. The van der Waals surface area contributed by atoms with Crippen LogP contribution in [0, 0.1) is 6.92 Å². The molecule has 0 saturated heterocycles. The molecule has 0 aliphatic heterocycles. The van der Waals surface area contributed by atoms with E-state index in [1.165, 1.54) is 7.11 Å². The molecular formula is C17H14N2O3. The van der Waals surface area contributed by atoms with Gasteiger partial charge in [-0.1, -0.05) is 24.3 Å². The van der Waals surface area contributed by atoms with Gasteiger partial charge in [0.25, 0.3) is 0 Å². The van der Waals surface area contributed by atoms with E-state index >= 15 is 0 Å². The van der Waals surface area contributed by atoms with Gasteiger partial charge < -0.3 is 10.1 Å². The molecule has 110 valence electrons. The second-order valence-corrected chi connectivity index (χ2v) is 4.96. The maximum atomic E-state index is 12.6. The van der Waals surface area contributed by atoms with E-state index in [0.717, 1.165) is 5.56 Å². The first-order valence-corrected chi connectivity index (χ1v) is 6.78. The molecule has 0 amide bonds. The zero-order valence-corrected chi connectivity index (χ0v) is 12.2. The van der Waals surface area contributed by atoms with Crippen LogP contribution >= 0.6 is 0 Å². The zero-order valence-electron chi connectivity index (χ0n) is 12.2. The predicted molar refractivity (Wildman–Crippen MR) is 81.7 cm³/mol. The van der Waals surface area contributed by atoms with Crippen LogP contribution in [-0.4, -0.2) is 23.7 Å². The summed E-state index contributed by atoms with van der Waals surface area (Å²) in [7, 11) is 1.37. The number of benzene rings is 1. The molecular weight excluding hydrogens is 280 g/mol. The Morgan fingerprint density at radius 2 is 1.73 bits per heavy atom. The lowest BCUT2D eigenvalue weighted by Crippen LogP contribution is -2.27. The molecule has 0 unspecified atom stereocenters. The molecule has 0 bridgehead atoms. The van der Waals surface area contributed by atoms with E-state index in [9.17, 15) is 9.59 Å². The Balaban J connectivity index is 2.08. The number of aryl methyl sites for hydroxylation is 1. The summed E-state index contributed by atoms with van der Waals surface area (Å²) in [5.41, 5.74) is 1.83. The van der Waals surface area contributed by atoms with Gasteiger partial charge in [-0.25, -0.2) is 4.98 Å². The fourth-order valence-corrected chi connectivity index (χ4v) is 2.39. The summed E-state index contributed by atoms with van der Waals surface area (Å²) in [6, 6.07) is 10.3. The van der Waals surface area contributed by atoms with E-state index in [4.69, 9.17) is 4.74 Å². The van der Waals surface area contributed by atoms with Gasteiger partial charge in [-0.15, -0.1) is 0 Å². The monoisotopic (exact) mass is 294 g/mol. The molecule has 1 aliphatic rings. The summed E-state index contributed by atoms with van der Waals surface area (Å²) in [6.45, 7) is 1.92. The number of fused-ring (bicyclic) bond motifs is 1. The van der Waals surface area contributed by atoms with Crippen molar-refractivity contribution in [1.82, 2.24) is 4.98 Å². The van der Waals surface area contributed by atoms with Crippen molar-refractivity contribution in [3.8, 4) is 0 Å². The molecule has 0 radical (unpaired) electrons. The summed E-state index contributed by atoms with van der Waals surface area (Å²) < 4.78 is 5.16. The molecule has 1 heterocycles. The zero-order chi connectivity index (χ0) is 15.7. The quantitative estimate of drug-likeness (QED) is 0.942. The van der Waals surface area contributed by atoms with Gasteiger partial charge in [0.15, 0.2) is 5.76 Å². The van der Waals surface area contributed by atoms with Crippen molar-refractivity contribution in [1.29, 1.82) is 0 Å². The average Bonchev–Trinajstić information content (AvgIpc) is 2.53. The fraction of sp³-hybridized carbons (Fsp3) is 0.118. The van der Waals surface area contributed by atoms with Crippen LogP contribution < -0.4 is 5.32 Å². The smallest absolute Gasteiger partial charge is 0.230 e. The first-order chi connectivity index (χ1) is 10.6. The van der Waals surface area contributed by atoms with E-state index in [1.807, 2.05) is 13.0 Å². The molecule has 5 nitrogen and oxygen atoms in total. The van der Waals surface area contributed by atoms with Gasteiger partial charge in [-0.05, 0) is 24.6 Å². The van der Waals surface area contributed by atoms with Gasteiger partial charge >= 0.3 is 0 Å². The highest BCUT2D eigenvalue weighted by atomic mass is 16.5. The Bertz CT molecular complexity index is 809. The molecule has 0 spiro atoms. The minimum Gasteiger partial charge on any atom is -0.491 e. The number of methoxy groups -OCH3 is 1. The number of hydrogen-bond acceptors (Lipinski definition) is 5. The molecule has 0 fully saturated rings. The topological polar surface area (TPSA) is 68.3 Å². The fourth-order valence-electron chi connectivity index (χ4n) is 2.39. The van der Waals surface area contributed by atoms with Crippen LogP contribution in [0.3, 0.4) is 0 Å². The second-order valence-electron chi connectivity index (χ2n) is 4.96. The van der Waals surface area contributed by atoms with Crippen molar-refractivity contribution in [3.63, 3.8) is 0 Å². The van der Waals surface area contributed by atoms with Crippen molar-refractivity contribution < 1.29 is 14.3 Å². The Kier molecular flexibility index (Phi) is 3.47. The lowest BCUT2D eigenvalue weighted by Gasteiger charge is -2.20. The van der Waals surface area contributed by atoms with Crippen molar-refractivity contribution in [3.05, 3.63) is 70.7 Å². The van der Waals surface area contributed by atoms with Gasteiger partial charge in [-0.2, -0.15) is 0 Å². The van der Waals surface area contributed by atoms with Crippen LogP contribution in [0.25, 0.3) is 0 Å². The third-order valence-electron chi connectivity index (χ3n) is 3.45. The number of pyridine rings is 1. The number of ether oxygens (including phenoxy) is 1. The Morgan fingerprint density at radius 1 is 1.05 bits per heavy atom. The van der Waals surface area contributed by atoms with Gasteiger partial charge in [-0.3, -0.25) is 9.59 Å². The van der Waals surface area contributed by atoms with E-state index in [-0.39, 0.29) is 23.0 Å². The summed E-state index contributed by atoms with van der Waals surface area (Å²) >= 11 is 0. The number of allylic oxidation sites excluding steroid dienone is 2. The maximum Gasteiger partial charge on any atom is 0.230 e. The third-order valence-corrected chi connectivity index (χ3v) is 3.45. The summed E-state index contributed by atoms with van der Waals surface area (Å²) in [6.07, 6.45) is 1.63. The molecule has 5 heteroatoms. The SMILES string of the molecule is COC1=C(Nc2cc(C)ccn2)C(=O)c2ccccc2C1=O. The Hall–Kier alpha value is -2.95. The highest BCUT2D eigenvalue weighted by Crippen LogP contribution is 2.27. The van der Waals surface area contributed by atoms with Gasteiger partial charge in [0.05, 0.1) is 7.11 Å². The number of nitrogens with one attached hydrogen (secondary N) is 1. The summed E-state index contributed by atoms with van der Waals surface area (Å²) in [5.74, 6) is -0.0969. The maximum absolute atomic E-state index is 12.6. The van der Waals surface area contributed by atoms with Crippen LogP contribution in [-0.2, 0) is 4.74 Å². The molecule has 1 N–H and O–H groups in total. The first kappa shape index (κ1) is 14.0. The molecule has 3 rings (SSSR count). The van der Waals surface area contributed by atoms with Crippen molar-refractivity contribution in [2.24, 2.45) is 0 Å². The Labute approximate surface area is 127 Å². The average molecular weight is 294 g/mol. The van der Waals surface area contributed by atoms with Crippen molar-refractivity contribution in [2.45, 2.75) is 6.92 Å². The standard InChI is InChI=1S/C17H14N2O3/c1-10-7-8-18-13(9-10)19-14-15(20)11-5-3-4-6-12(11)16(21)17(14)22-2/h3-9H,1-2H3,(H,18,19). The largest absolute Gasteiger partial charge is 0.491 e. The number of carbonyl (C=O) groups is 2. The van der Waals surface area contributed by atoms with E-state index in [0.29, 0.717) is 16.9 Å².